The van der Waals surface area contributed by atoms with Crippen LogP contribution in [0.4, 0.5) is 0 Å². The maximum absolute atomic E-state index is 12.2. The third-order valence-electron chi connectivity index (χ3n) is 3.43. The summed E-state index contributed by atoms with van der Waals surface area (Å²) in [5, 5.41) is 13.1. The molecule has 4 heteroatoms. The molecule has 0 radical (unpaired) electrons. The Morgan fingerprint density at radius 1 is 1.09 bits per heavy atom. The molecule has 0 aliphatic heterocycles. The highest BCUT2D eigenvalue weighted by molar-refractivity contribution is 5.96. The molecule has 3 aromatic rings. The number of aryl methyl sites for hydroxylation is 1. The van der Waals surface area contributed by atoms with Gasteiger partial charge < -0.3 is 9.63 Å². The van der Waals surface area contributed by atoms with Crippen LogP contribution in [0.3, 0.4) is 0 Å². The predicted molar refractivity (Wildman–Crippen MR) is 82.8 cm³/mol. The zero-order valence-corrected chi connectivity index (χ0v) is 12.1. The first-order valence-corrected chi connectivity index (χ1v) is 6.97. The number of rotatable bonds is 4. The van der Waals surface area contributed by atoms with Crippen molar-refractivity contribution in [1.29, 1.82) is 0 Å². The number of hydrogen-bond donors (Lipinski definition) is 1. The van der Waals surface area contributed by atoms with Crippen LogP contribution < -0.4 is 0 Å². The molecule has 3 rings (SSSR count). The molecular weight excluding hydrogens is 278 g/mol. The molecule has 0 atom stereocenters. The van der Waals surface area contributed by atoms with Gasteiger partial charge in [0.05, 0.1) is 0 Å². The lowest BCUT2D eigenvalue weighted by molar-refractivity contribution is 0.0984. The van der Waals surface area contributed by atoms with Gasteiger partial charge in [-0.05, 0) is 36.8 Å². The smallest absolute Gasteiger partial charge is 0.189 e. The molecule has 22 heavy (non-hydrogen) atoms. The number of Topliss-reactive ketones (excluding diaryl/α,β-unsaturated/α-hetero) is 1. The van der Waals surface area contributed by atoms with Gasteiger partial charge in [-0.15, -0.1) is 0 Å². The quantitative estimate of drug-likeness (QED) is 0.743. The first kappa shape index (κ1) is 14.1. The zero-order valence-electron chi connectivity index (χ0n) is 12.1. The van der Waals surface area contributed by atoms with E-state index in [0.717, 1.165) is 16.7 Å². The molecule has 0 bridgehead atoms. The molecule has 0 saturated carbocycles. The van der Waals surface area contributed by atoms with Crippen LogP contribution in [0.15, 0.2) is 59.1 Å². The molecule has 0 unspecified atom stereocenters. The largest absolute Gasteiger partial charge is 0.508 e. The van der Waals surface area contributed by atoms with Gasteiger partial charge in [-0.3, -0.25) is 4.79 Å². The van der Waals surface area contributed by atoms with Crippen molar-refractivity contribution in [2.45, 2.75) is 13.3 Å². The van der Waals surface area contributed by atoms with Gasteiger partial charge in [0.15, 0.2) is 17.2 Å². The topological polar surface area (TPSA) is 63.3 Å². The van der Waals surface area contributed by atoms with Gasteiger partial charge in [-0.1, -0.05) is 35.0 Å². The number of benzene rings is 2. The maximum atomic E-state index is 12.2. The summed E-state index contributed by atoms with van der Waals surface area (Å²) in [5.41, 5.74) is 3.18. The number of carbonyl (C=O) groups is 1. The van der Waals surface area contributed by atoms with Crippen LogP contribution in [0.1, 0.15) is 21.6 Å². The lowest BCUT2D eigenvalue weighted by Gasteiger charge is -1.99. The minimum absolute atomic E-state index is 0.0855. The fourth-order valence-electron chi connectivity index (χ4n) is 2.15. The van der Waals surface area contributed by atoms with E-state index in [1.54, 1.807) is 30.3 Å². The summed E-state index contributed by atoms with van der Waals surface area (Å²) >= 11 is 0. The third kappa shape index (κ3) is 3.06. The summed E-state index contributed by atoms with van der Waals surface area (Å²) in [5.74, 6) is 0.601. The van der Waals surface area contributed by atoms with Crippen molar-refractivity contribution in [3.05, 3.63) is 71.4 Å². The second-order valence-electron chi connectivity index (χ2n) is 5.21. The Bertz CT molecular complexity index is 786. The normalized spacial score (nSPS) is 10.6. The Morgan fingerprint density at radius 3 is 2.45 bits per heavy atom. The number of phenols is 1. The Kier molecular flexibility index (Phi) is 3.74. The Labute approximate surface area is 128 Å². The summed E-state index contributed by atoms with van der Waals surface area (Å²) < 4.78 is 5.22. The summed E-state index contributed by atoms with van der Waals surface area (Å²) in [6.07, 6.45) is 0.293. The molecule has 1 aromatic heterocycles. The highest BCUT2D eigenvalue weighted by Gasteiger charge is 2.14. The predicted octanol–water partition coefficient (Wildman–Crippen LogP) is 3.78. The number of ketones is 1. The van der Waals surface area contributed by atoms with Crippen molar-refractivity contribution in [1.82, 2.24) is 5.16 Å². The Balaban J connectivity index is 1.76. The van der Waals surface area contributed by atoms with E-state index in [1.807, 2.05) is 31.2 Å². The van der Waals surface area contributed by atoms with Crippen molar-refractivity contribution in [2.75, 3.05) is 0 Å². The van der Waals surface area contributed by atoms with Gasteiger partial charge in [-0.2, -0.15) is 0 Å². The van der Waals surface area contributed by atoms with E-state index in [1.165, 1.54) is 0 Å². The lowest BCUT2D eigenvalue weighted by atomic mass is 10.0. The molecular formula is C18H15NO3. The fourth-order valence-corrected chi connectivity index (χ4v) is 2.15. The standard InChI is InChI=1S/C18H15NO3/c1-12-2-4-13(5-3-12)10-17(21)16-11-18(22-19-16)14-6-8-15(20)9-7-14/h2-9,11,20H,10H2,1H3. The van der Waals surface area contributed by atoms with E-state index in [9.17, 15) is 9.90 Å². The van der Waals surface area contributed by atoms with E-state index in [-0.39, 0.29) is 11.5 Å². The van der Waals surface area contributed by atoms with Gasteiger partial charge >= 0.3 is 0 Å². The van der Waals surface area contributed by atoms with Crippen molar-refractivity contribution < 1.29 is 14.4 Å². The van der Waals surface area contributed by atoms with Crippen molar-refractivity contribution in [3.8, 4) is 17.1 Å². The molecule has 1 N–H and O–H groups in total. The van der Waals surface area contributed by atoms with Crippen LogP contribution in [-0.4, -0.2) is 16.0 Å². The van der Waals surface area contributed by atoms with Gasteiger partial charge in [0.1, 0.15) is 5.75 Å². The van der Waals surface area contributed by atoms with E-state index in [2.05, 4.69) is 5.16 Å². The van der Waals surface area contributed by atoms with E-state index in [4.69, 9.17) is 4.52 Å². The minimum atomic E-state index is -0.0855. The molecule has 2 aromatic carbocycles. The number of hydrogen-bond acceptors (Lipinski definition) is 4. The zero-order chi connectivity index (χ0) is 15.5. The van der Waals surface area contributed by atoms with Gasteiger partial charge in [0.2, 0.25) is 0 Å². The lowest BCUT2D eigenvalue weighted by Crippen LogP contribution is -2.03. The van der Waals surface area contributed by atoms with Crippen LogP contribution in [0, 0.1) is 6.92 Å². The second-order valence-corrected chi connectivity index (χ2v) is 5.21. The molecule has 0 aliphatic carbocycles. The van der Waals surface area contributed by atoms with Crippen molar-refractivity contribution in [2.24, 2.45) is 0 Å². The summed E-state index contributed by atoms with van der Waals surface area (Å²) in [4.78, 5) is 12.2. The van der Waals surface area contributed by atoms with E-state index in [0.29, 0.717) is 17.9 Å². The van der Waals surface area contributed by atoms with Gasteiger partial charge in [0.25, 0.3) is 0 Å². The summed E-state index contributed by atoms with van der Waals surface area (Å²) in [6, 6.07) is 16.0. The number of nitrogens with zero attached hydrogens (tertiary/aromatic N) is 1. The molecule has 110 valence electrons. The van der Waals surface area contributed by atoms with Crippen molar-refractivity contribution in [3.63, 3.8) is 0 Å². The average Bonchev–Trinajstić information content (AvgIpc) is 3.00. The van der Waals surface area contributed by atoms with Crippen LogP contribution in [0.5, 0.6) is 5.75 Å². The SMILES string of the molecule is Cc1ccc(CC(=O)c2cc(-c3ccc(O)cc3)on2)cc1. The number of aromatic nitrogens is 1. The molecule has 1 heterocycles. The third-order valence-corrected chi connectivity index (χ3v) is 3.43. The highest BCUT2D eigenvalue weighted by atomic mass is 16.5. The fraction of sp³-hybridized carbons (Fsp3) is 0.111. The second kappa shape index (κ2) is 5.85. The summed E-state index contributed by atoms with van der Waals surface area (Å²) in [6.45, 7) is 2.01. The minimum Gasteiger partial charge on any atom is -0.508 e. The van der Waals surface area contributed by atoms with Gasteiger partial charge in [0, 0.05) is 18.1 Å². The monoisotopic (exact) mass is 293 g/mol. The van der Waals surface area contributed by atoms with E-state index >= 15 is 0 Å². The molecule has 0 spiro atoms. The van der Waals surface area contributed by atoms with Crippen LogP contribution in [-0.2, 0) is 6.42 Å². The molecule has 0 saturated heterocycles. The van der Waals surface area contributed by atoms with Crippen LogP contribution in [0.25, 0.3) is 11.3 Å². The Morgan fingerprint density at radius 2 is 1.77 bits per heavy atom. The van der Waals surface area contributed by atoms with Crippen molar-refractivity contribution >= 4 is 5.78 Å². The first-order chi connectivity index (χ1) is 10.6. The van der Waals surface area contributed by atoms with Crippen LogP contribution in [0.2, 0.25) is 0 Å². The number of phenolic OH excluding ortho intramolecular Hbond substituents is 1. The maximum Gasteiger partial charge on any atom is 0.189 e. The molecule has 4 nitrogen and oxygen atoms in total. The number of aromatic hydroxyl groups is 1. The molecule has 0 aliphatic rings. The Hall–Kier alpha value is -2.88. The number of carbonyl (C=O) groups excluding carboxylic acids is 1. The highest BCUT2D eigenvalue weighted by Crippen LogP contribution is 2.23. The average molecular weight is 293 g/mol. The first-order valence-electron chi connectivity index (χ1n) is 6.97. The molecule has 0 amide bonds. The van der Waals surface area contributed by atoms with E-state index < -0.39 is 0 Å². The van der Waals surface area contributed by atoms with Crippen LogP contribution >= 0.6 is 0 Å². The molecule has 0 fully saturated rings. The summed E-state index contributed by atoms with van der Waals surface area (Å²) in [7, 11) is 0. The van der Waals surface area contributed by atoms with Gasteiger partial charge in [-0.25, -0.2) is 0 Å².